The molecule has 1 aromatic heterocycles. The number of aryl methyl sites for hydroxylation is 2. The van der Waals surface area contributed by atoms with Crippen LogP contribution < -0.4 is 10.5 Å². The molecule has 2 aromatic rings. The van der Waals surface area contributed by atoms with Gasteiger partial charge in [-0.2, -0.15) is 0 Å². The summed E-state index contributed by atoms with van der Waals surface area (Å²) in [6.07, 6.45) is 3.58. The van der Waals surface area contributed by atoms with E-state index >= 15 is 0 Å². The second kappa shape index (κ2) is 4.32. The Morgan fingerprint density at radius 3 is 2.89 bits per heavy atom. The summed E-state index contributed by atoms with van der Waals surface area (Å²) in [4.78, 5) is 1.46. The van der Waals surface area contributed by atoms with Gasteiger partial charge in [0.15, 0.2) is 0 Å². The number of nitrogens with two attached hydrogens (primary N) is 1. The van der Waals surface area contributed by atoms with Gasteiger partial charge in [0.25, 0.3) is 0 Å². The number of fused-ring (bicyclic) bond motifs is 1. The summed E-state index contributed by atoms with van der Waals surface area (Å²) >= 11 is 1.75. The topological polar surface area (TPSA) is 35.2 Å². The van der Waals surface area contributed by atoms with E-state index in [0.717, 1.165) is 22.7 Å². The predicted molar refractivity (Wildman–Crippen MR) is 77.5 cm³/mol. The molecule has 1 heterocycles. The lowest BCUT2D eigenvalue weighted by Gasteiger charge is -2.11. The van der Waals surface area contributed by atoms with Gasteiger partial charge in [-0.1, -0.05) is 11.6 Å². The first kappa shape index (κ1) is 11.6. The quantitative estimate of drug-likeness (QED) is 0.890. The zero-order chi connectivity index (χ0) is 12.7. The Balaban J connectivity index is 2.23. The number of rotatable bonds is 2. The van der Waals surface area contributed by atoms with E-state index in [4.69, 9.17) is 10.5 Å². The van der Waals surface area contributed by atoms with Crippen molar-refractivity contribution >= 4 is 16.3 Å². The maximum absolute atomic E-state index is 6.22. The van der Waals surface area contributed by atoms with Crippen LogP contribution in [-0.4, -0.2) is 7.11 Å². The molecule has 18 heavy (non-hydrogen) atoms. The van der Waals surface area contributed by atoms with Crippen LogP contribution in [0.15, 0.2) is 18.2 Å². The third-order valence-corrected chi connectivity index (χ3v) is 4.69. The minimum atomic E-state index is 0.916. The van der Waals surface area contributed by atoms with Crippen molar-refractivity contribution in [1.82, 2.24) is 0 Å². The zero-order valence-electron chi connectivity index (χ0n) is 10.7. The SMILES string of the molecule is COc1ccc(C)cc1-c1c(N)sc2c1CCC2. The predicted octanol–water partition coefficient (Wildman–Crippen LogP) is 3.80. The molecule has 0 bridgehead atoms. The maximum Gasteiger partial charge on any atom is 0.126 e. The highest BCUT2D eigenvalue weighted by molar-refractivity contribution is 7.16. The van der Waals surface area contributed by atoms with Gasteiger partial charge in [0.2, 0.25) is 0 Å². The standard InChI is InChI=1S/C15H17NOS/c1-9-6-7-12(17-2)11(8-9)14-10-4-3-5-13(10)18-15(14)16/h6-8H,3-5,16H2,1-2H3. The zero-order valence-corrected chi connectivity index (χ0v) is 11.6. The van der Waals surface area contributed by atoms with Crippen LogP contribution in [0.25, 0.3) is 11.1 Å². The number of benzene rings is 1. The molecule has 3 rings (SSSR count). The molecule has 94 valence electrons. The lowest BCUT2D eigenvalue weighted by Crippen LogP contribution is -1.93. The molecule has 0 amide bonds. The minimum absolute atomic E-state index is 0.916. The Kier molecular flexibility index (Phi) is 2.78. The summed E-state index contributed by atoms with van der Waals surface area (Å²) < 4.78 is 5.49. The second-order valence-corrected chi connectivity index (χ2v) is 5.94. The number of nitrogen functional groups attached to an aromatic ring is 1. The number of ether oxygens (including phenoxy) is 1. The Hall–Kier alpha value is -1.48. The van der Waals surface area contributed by atoms with E-state index < -0.39 is 0 Å². The van der Waals surface area contributed by atoms with Crippen molar-refractivity contribution in [2.24, 2.45) is 0 Å². The molecule has 0 fully saturated rings. The third kappa shape index (κ3) is 1.70. The summed E-state index contributed by atoms with van der Waals surface area (Å²) in [5.74, 6) is 0.916. The van der Waals surface area contributed by atoms with Crippen molar-refractivity contribution in [3.8, 4) is 16.9 Å². The van der Waals surface area contributed by atoms with Crippen LogP contribution in [0, 0.1) is 6.92 Å². The van der Waals surface area contributed by atoms with Crippen LogP contribution in [0.3, 0.4) is 0 Å². The van der Waals surface area contributed by atoms with Crippen molar-refractivity contribution < 1.29 is 4.74 Å². The summed E-state index contributed by atoms with van der Waals surface area (Å²) in [6, 6.07) is 6.28. The monoisotopic (exact) mass is 259 g/mol. The van der Waals surface area contributed by atoms with Gasteiger partial charge < -0.3 is 10.5 Å². The van der Waals surface area contributed by atoms with E-state index in [1.54, 1.807) is 18.4 Å². The molecule has 0 radical (unpaired) electrons. The van der Waals surface area contributed by atoms with Gasteiger partial charge in [0.05, 0.1) is 12.1 Å². The highest BCUT2D eigenvalue weighted by atomic mass is 32.1. The highest BCUT2D eigenvalue weighted by Crippen LogP contribution is 2.46. The Morgan fingerprint density at radius 1 is 1.28 bits per heavy atom. The summed E-state index contributed by atoms with van der Waals surface area (Å²) in [7, 11) is 1.72. The lowest BCUT2D eigenvalue weighted by atomic mass is 9.99. The van der Waals surface area contributed by atoms with E-state index in [2.05, 4.69) is 19.1 Å². The molecule has 0 saturated heterocycles. The number of thiophene rings is 1. The van der Waals surface area contributed by atoms with Gasteiger partial charge in [-0.05, 0) is 43.9 Å². The van der Waals surface area contributed by atoms with Crippen LogP contribution in [0.4, 0.5) is 5.00 Å². The molecule has 1 aliphatic rings. The number of hydrogen-bond donors (Lipinski definition) is 1. The van der Waals surface area contributed by atoms with Gasteiger partial charge in [0.1, 0.15) is 5.75 Å². The van der Waals surface area contributed by atoms with Crippen molar-refractivity contribution in [1.29, 1.82) is 0 Å². The van der Waals surface area contributed by atoms with E-state index in [0.29, 0.717) is 0 Å². The van der Waals surface area contributed by atoms with Gasteiger partial charge in [-0.15, -0.1) is 11.3 Å². The summed E-state index contributed by atoms with van der Waals surface area (Å²) in [6.45, 7) is 2.10. The molecule has 0 aliphatic heterocycles. The van der Waals surface area contributed by atoms with E-state index in [1.807, 2.05) is 6.07 Å². The smallest absolute Gasteiger partial charge is 0.126 e. The van der Waals surface area contributed by atoms with E-state index in [-0.39, 0.29) is 0 Å². The number of methoxy groups -OCH3 is 1. The van der Waals surface area contributed by atoms with Crippen molar-refractivity contribution in [2.75, 3.05) is 12.8 Å². The largest absolute Gasteiger partial charge is 0.496 e. The normalized spacial score (nSPS) is 13.7. The maximum atomic E-state index is 6.22. The Bertz CT molecular complexity index is 601. The number of anilines is 1. The molecule has 0 saturated carbocycles. The minimum Gasteiger partial charge on any atom is -0.496 e. The van der Waals surface area contributed by atoms with Gasteiger partial charge >= 0.3 is 0 Å². The molecule has 0 spiro atoms. The molecule has 0 atom stereocenters. The summed E-state index contributed by atoms with van der Waals surface area (Å²) in [5, 5.41) is 0.934. The molecule has 1 aromatic carbocycles. The first-order valence-electron chi connectivity index (χ1n) is 6.25. The van der Waals surface area contributed by atoms with Crippen LogP contribution in [0.5, 0.6) is 5.75 Å². The average molecular weight is 259 g/mol. The summed E-state index contributed by atoms with van der Waals surface area (Å²) in [5.41, 5.74) is 11.3. The van der Waals surface area contributed by atoms with Crippen LogP contribution in [-0.2, 0) is 12.8 Å². The van der Waals surface area contributed by atoms with Crippen LogP contribution >= 0.6 is 11.3 Å². The highest BCUT2D eigenvalue weighted by Gasteiger charge is 2.23. The van der Waals surface area contributed by atoms with Crippen molar-refractivity contribution in [2.45, 2.75) is 26.2 Å². The van der Waals surface area contributed by atoms with Crippen LogP contribution in [0.2, 0.25) is 0 Å². The fourth-order valence-corrected chi connectivity index (χ4v) is 3.91. The van der Waals surface area contributed by atoms with Crippen molar-refractivity contribution in [3.63, 3.8) is 0 Å². The Labute approximate surface area is 111 Å². The third-order valence-electron chi connectivity index (χ3n) is 3.57. The molecule has 0 unspecified atom stereocenters. The molecule has 2 nitrogen and oxygen atoms in total. The molecular weight excluding hydrogens is 242 g/mol. The van der Waals surface area contributed by atoms with E-state index in [9.17, 15) is 0 Å². The van der Waals surface area contributed by atoms with Gasteiger partial charge in [0, 0.05) is 16.0 Å². The number of hydrogen-bond acceptors (Lipinski definition) is 3. The molecular formula is C15H17NOS. The average Bonchev–Trinajstić information content (AvgIpc) is 2.88. The van der Waals surface area contributed by atoms with Gasteiger partial charge in [-0.3, -0.25) is 0 Å². The first-order valence-corrected chi connectivity index (χ1v) is 7.07. The first-order chi connectivity index (χ1) is 8.70. The second-order valence-electron chi connectivity index (χ2n) is 4.80. The van der Waals surface area contributed by atoms with Gasteiger partial charge in [-0.25, -0.2) is 0 Å². The van der Waals surface area contributed by atoms with Crippen molar-refractivity contribution in [3.05, 3.63) is 34.2 Å². The fourth-order valence-electron chi connectivity index (χ4n) is 2.74. The molecule has 3 heteroatoms. The Morgan fingerprint density at radius 2 is 2.11 bits per heavy atom. The van der Waals surface area contributed by atoms with E-state index in [1.165, 1.54) is 34.4 Å². The fraction of sp³-hybridized carbons (Fsp3) is 0.333. The lowest BCUT2D eigenvalue weighted by molar-refractivity contribution is 0.416. The van der Waals surface area contributed by atoms with Crippen LogP contribution in [0.1, 0.15) is 22.4 Å². The molecule has 2 N–H and O–H groups in total. The molecule has 1 aliphatic carbocycles.